The lowest BCUT2D eigenvalue weighted by Crippen LogP contribution is -2.27. The average Bonchev–Trinajstić information content (AvgIpc) is 2.62. The summed E-state index contributed by atoms with van der Waals surface area (Å²) in [5.41, 5.74) is 5.91. The van der Waals surface area contributed by atoms with Crippen LogP contribution >= 0.6 is 0 Å². The van der Waals surface area contributed by atoms with Crippen molar-refractivity contribution in [1.82, 2.24) is 19.6 Å². The van der Waals surface area contributed by atoms with E-state index in [4.69, 9.17) is 5.73 Å². The van der Waals surface area contributed by atoms with Crippen LogP contribution in [0.25, 0.3) is 5.78 Å². The molecule has 14 heavy (non-hydrogen) atoms. The second-order valence-corrected chi connectivity index (χ2v) is 3.00. The van der Waals surface area contributed by atoms with Crippen molar-refractivity contribution in [2.24, 2.45) is 5.73 Å². The van der Waals surface area contributed by atoms with Gasteiger partial charge in [0.05, 0.1) is 11.6 Å². The highest BCUT2D eigenvalue weighted by atomic mass is 16.1. The molecule has 2 N–H and O–H groups in total. The molecule has 0 spiro atoms. The molecule has 0 saturated carbocycles. The maximum Gasteiger partial charge on any atom is 0.252 e. The van der Waals surface area contributed by atoms with E-state index in [1.807, 2.05) is 0 Å². The van der Waals surface area contributed by atoms with Gasteiger partial charge >= 0.3 is 0 Å². The summed E-state index contributed by atoms with van der Waals surface area (Å²) in [6, 6.07) is -0.530. The number of nitrogens with zero attached hydrogens (tertiary/aromatic N) is 4. The third-order valence-corrected chi connectivity index (χ3v) is 1.83. The Bertz CT molecular complexity index is 475. The zero-order chi connectivity index (χ0) is 10.1. The number of hydrogen-bond donors (Lipinski definition) is 1. The summed E-state index contributed by atoms with van der Waals surface area (Å²) in [6.07, 6.45) is 4.40. The van der Waals surface area contributed by atoms with Gasteiger partial charge < -0.3 is 5.73 Å². The van der Waals surface area contributed by atoms with Gasteiger partial charge in [-0.25, -0.2) is 9.50 Å². The highest BCUT2D eigenvalue weighted by Crippen LogP contribution is 2.01. The maximum atomic E-state index is 11.5. The fourth-order valence-corrected chi connectivity index (χ4v) is 1.11. The Morgan fingerprint density at radius 1 is 1.57 bits per heavy atom. The molecule has 0 saturated heterocycles. The van der Waals surface area contributed by atoms with Gasteiger partial charge in [0.25, 0.3) is 5.78 Å². The molecule has 0 aliphatic heterocycles. The molecule has 2 aromatic heterocycles. The summed E-state index contributed by atoms with van der Waals surface area (Å²) in [4.78, 5) is 19.3. The molecule has 1 atom stereocenters. The van der Waals surface area contributed by atoms with Crippen LogP contribution in [-0.2, 0) is 0 Å². The van der Waals surface area contributed by atoms with Crippen LogP contribution in [0.5, 0.6) is 0 Å². The van der Waals surface area contributed by atoms with Crippen molar-refractivity contribution in [2.45, 2.75) is 13.0 Å². The topological polar surface area (TPSA) is 86.2 Å². The first kappa shape index (κ1) is 8.76. The number of fused-ring (bicyclic) bond motifs is 1. The molecule has 1 unspecified atom stereocenters. The van der Waals surface area contributed by atoms with Gasteiger partial charge in [0.1, 0.15) is 6.33 Å². The Morgan fingerprint density at radius 3 is 3.07 bits per heavy atom. The summed E-state index contributed by atoms with van der Waals surface area (Å²) in [5.74, 6) is 0.307. The number of Topliss-reactive ketones (excluding diaryl/α,β-unsaturated/α-hetero) is 1. The molecule has 6 nitrogen and oxygen atoms in total. The number of carbonyl (C=O) groups excluding carboxylic acids is 1. The molecular weight excluding hydrogens is 182 g/mol. The van der Waals surface area contributed by atoms with Crippen LogP contribution in [-0.4, -0.2) is 31.4 Å². The Kier molecular flexibility index (Phi) is 1.97. The van der Waals surface area contributed by atoms with E-state index < -0.39 is 6.04 Å². The molecule has 0 aromatic carbocycles. The van der Waals surface area contributed by atoms with E-state index in [0.29, 0.717) is 11.3 Å². The Labute approximate surface area is 79.8 Å². The Hall–Kier alpha value is -1.82. The van der Waals surface area contributed by atoms with Crippen molar-refractivity contribution >= 4 is 11.6 Å². The van der Waals surface area contributed by atoms with Crippen molar-refractivity contribution in [3.63, 3.8) is 0 Å². The van der Waals surface area contributed by atoms with E-state index >= 15 is 0 Å². The van der Waals surface area contributed by atoms with Crippen LogP contribution in [0.4, 0.5) is 0 Å². The largest absolute Gasteiger partial charge is 0.321 e. The third kappa shape index (κ3) is 1.35. The van der Waals surface area contributed by atoms with Gasteiger partial charge in [-0.05, 0) is 6.92 Å². The van der Waals surface area contributed by atoms with Crippen LogP contribution in [0.3, 0.4) is 0 Å². The molecule has 0 radical (unpaired) electrons. The van der Waals surface area contributed by atoms with E-state index in [-0.39, 0.29) is 5.78 Å². The molecule has 0 amide bonds. The lowest BCUT2D eigenvalue weighted by atomic mass is 10.1. The smallest absolute Gasteiger partial charge is 0.252 e. The van der Waals surface area contributed by atoms with Crippen LogP contribution in [0, 0.1) is 0 Å². The molecule has 2 rings (SSSR count). The fourth-order valence-electron chi connectivity index (χ4n) is 1.11. The average molecular weight is 191 g/mol. The number of aromatic nitrogens is 4. The summed E-state index contributed by atoms with van der Waals surface area (Å²) in [7, 11) is 0. The monoisotopic (exact) mass is 191 g/mol. The van der Waals surface area contributed by atoms with E-state index in [1.54, 1.807) is 13.1 Å². The predicted molar refractivity (Wildman–Crippen MR) is 48.8 cm³/mol. The third-order valence-electron chi connectivity index (χ3n) is 1.83. The first-order valence-corrected chi connectivity index (χ1v) is 4.13. The minimum Gasteiger partial charge on any atom is -0.321 e. The molecule has 6 heteroatoms. The number of rotatable bonds is 2. The van der Waals surface area contributed by atoms with Gasteiger partial charge in [-0.2, -0.15) is 10.1 Å². The first-order chi connectivity index (χ1) is 6.68. The van der Waals surface area contributed by atoms with Gasteiger partial charge in [0.15, 0.2) is 5.78 Å². The van der Waals surface area contributed by atoms with E-state index in [9.17, 15) is 4.79 Å². The predicted octanol–water partition coefficient (Wildman–Crippen LogP) is -0.346. The van der Waals surface area contributed by atoms with Crippen molar-refractivity contribution in [2.75, 3.05) is 0 Å². The van der Waals surface area contributed by atoms with Crippen LogP contribution in [0.1, 0.15) is 17.3 Å². The van der Waals surface area contributed by atoms with Crippen molar-refractivity contribution in [1.29, 1.82) is 0 Å². The van der Waals surface area contributed by atoms with Crippen LogP contribution in [0.15, 0.2) is 18.7 Å². The molecule has 0 aliphatic rings. The zero-order valence-electron chi connectivity index (χ0n) is 7.58. The van der Waals surface area contributed by atoms with Gasteiger partial charge in [-0.3, -0.25) is 4.79 Å². The lowest BCUT2D eigenvalue weighted by Gasteiger charge is -2.02. The Morgan fingerprint density at radius 2 is 2.36 bits per heavy atom. The molecule has 0 aliphatic carbocycles. The van der Waals surface area contributed by atoms with Crippen molar-refractivity contribution in [3.8, 4) is 0 Å². The van der Waals surface area contributed by atoms with Crippen molar-refractivity contribution < 1.29 is 4.79 Å². The fraction of sp³-hybridized carbons (Fsp3) is 0.250. The molecule has 0 fully saturated rings. The van der Waals surface area contributed by atoms with Crippen molar-refractivity contribution in [3.05, 3.63) is 24.3 Å². The van der Waals surface area contributed by atoms with E-state index in [0.717, 1.165) is 0 Å². The highest BCUT2D eigenvalue weighted by molar-refractivity contribution is 5.99. The molecule has 2 aromatic rings. The van der Waals surface area contributed by atoms with Gasteiger partial charge in [0, 0.05) is 12.4 Å². The standard InChI is InChI=1S/C8H9N5O/c1-5(9)7(14)6-2-10-8-11-4-12-13(8)3-6/h2-5H,9H2,1H3. The minimum absolute atomic E-state index is 0.157. The second-order valence-electron chi connectivity index (χ2n) is 3.00. The highest BCUT2D eigenvalue weighted by Gasteiger charge is 2.12. The lowest BCUT2D eigenvalue weighted by molar-refractivity contribution is 0.0967. The quantitative estimate of drug-likeness (QED) is 0.656. The van der Waals surface area contributed by atoms with Gasteiger partial charge in [0.2, 0.25) is 0 Å². The summed E-state index contributed by atoms with van der Waals surface area (Å²) in [5, 5.41) is 3.87. The molecule has 2 heterocycles. The molecular formula is C8H9N5O. The summed E-state index contributed by atoms with van der Waals surface area (Å²) >= 11 is 0. The summed E-state index contributed by atoms with van der Waals surface area (Å²) < 4.78 is 1.44. The minimum atomic E-state index is -0.530. The molecule has 0 bridgehead atoms. The van der Waals surface area contributed by atoms with Gasteiger partial charge in [-0.15, -0.1) is 0 Å². The Balaban J connectivity index is 2.48. The SMILES string of the molecule is CC(N)C(=O)c1cnc2ncnn2c1. The first-order valence-electron chi connectivity index (χ1n) is 4.13. The van der Waals surface area contributed by atoms with E-state index in [2.05, 4.69) is 15.1 Å². The number of carbonyl (C=O) groups is 1. The van der Waals surface area contributed by atoms with Crippen LogP contribution < -0.4 is 5.73 Å². The van der Waals surface area contributed by atoms with Crippen LogP contribution in [0.2, 0.25) is 0 Å². The number of ketones is 1. The normalized spacial score (nSPS) is 13.0. The number of nitrogens with two attached hydrogens (primary N) is 1. The molecule has 72 valence electrons. The number of hydrogen-bond acceptors (Lipinski definition) is 5. The maximum absolute atomic E-state index is 11.5. The summed E-state index contributed by atoms with van der Waals surface area (Å²) in [6.45, 7) is 1.63. The van der Waals surface area contributed by atoms with E-state index in [1.165, 1.54) is 17.0 Å². The second kappa shape index (κ2) is 3.15. The van der Waals surface area contributed by atoms with Gasteiger partial charge in [-0.1, -0.05) is 0 Å². The zero-order valence-corrected chi connectivity index (χ0v) is 7.58.